The monoisotopic (exact) mass is 415 g/mol. The molecule has 0 N–H and O–H groups in total. The van der Waals surface area contributed by atoms with Crippen LogP contribution in [-0.2, 0) is 19.5 Å². The van der Waals surface area contributed by atoms with E-state index in [4.69, 9.17) is 5.53 Å². The first-order valence-corrected chi connectivity index (χ1v) is 6.46. The second-order valence-corrected chi connectivity index (χ2v) is 5.30. The molecule has 0 fully saturated rings. The van der Waals surface area contributed by atoms with Crippen molar-refractivity contribution >= 4 is 10.0 Å². The van der Waals surface area contributed by atoms with Gasteiger partial charge in [-0.3, -0.25) is 4.74 Å². The Hall–Kier alpha value is -1.94. The van der Waals surface area contributed by atoms with Gasteiger partial charge in [-0.2, -0.15) is 43.9 Å². The zero-order valence-electron chi connectivity index (χ0n) is 10.9. The number of alkyl halides is 10. The summed E-state index contributed by atoms with van der Waals surface area (Å²) in [6.07, 6.45) is -21.2. The molecule has 0 aliphatic heterocycles. The third kappa shape index (κ3) is 3.84. The van der Waals surface area contributed by atoms with Crippen LogP contribution in [0.1, 0.15) is 0 Å². The van der Waals surface area contributed by atoms with E-state index >= 15 is 0 Å². The van der Waals surface area contributed by atoms with E-state index in [9.17, 15) is 52.3 Å². The van der Waals surface area contributed by atoms with Crippen LogP contribution >= 0.6 is 0 Å². The molecule has 0 spiro atoms. The van der Waals surface area contributed by atoms with Crippen LogP contribution in [-0.4, -0.2) is 37.9 Å². The summed E-state index contributed by atoms with van der Waals surface area (Å²) in [5.41, 5.74) is 7.65. The molecule has 0 aromatic carbocycles. The summed E-state index contributed by atoms with van der Waals surface area (Å²) in [7, 11) is -6.98. The van der Waals surface area contributed by atoms with E-state index in [0.29, 0.717) is 0 Å². The van der Waals surface area contributed by atoms with Crippen LogP contribution < -0.4 is 0 Å². The topological polar surface area (TPSA) is 101 Å². The molecule has 146 valence electrons. The van der Waals surface area contributed by atoms with Crippen LogP contribution in [0.15, 0.2) is 17.4 Å². The fraction of sp³-hybridized carbons (Fsp3) is 0.714. The van der Waals surface area contributed by atoms with E-state index in [-0.39, 0.29) is 0 Å². The average molecular weight is 415 g/mol. The predicted molar refractivity (Wildman–Crippen MR) is 55.2 cm³/mol. The third-order valence-corrected chi connectivity index (χ3v) is 3.22. The van der Waals surface area contributed by atoms with Gasteiger partial charge in [0.15, 0.2) is 0 Å². The Morgan fingerprint density at radius 1 is 0.960 bits per heavy atom. The van der Waals surface area contributed by atoms with E-state index in [1.165, 1.54) is 9.43 Å². The number of rotatable bonds is 8. The molecular formula is C7H3F10N3O4S. The fourth-order valence-electron chi connectivity index (χ4n) is 0.948. The van der Waals surface area contributed by atoms with Crippen LogP contribution in [0.2, 0.25) is 0 Å². The Morgan fingerprint density at radius 3 is 1.72 bits per heavy atom. The highest BCUT2D eigenvalue weighted by Gasteiger charge is 2.82. The molecule has 1 unspecified atom stereocenters. The number of ether oxygens (including phenoxy) is 2. The lowest BCUT2D eigenvalue weighted by molar-refractivity contribution is -0.507. The van der Waals surface area contributed by atoms with E-state index < -0.39 is 45.8 Å². The standard InChI is InChI=1S/C7H3F10N3O4S/c1-2-23-5(12,13)3(8,4(9,10)11)24-6(14,15)7(16,17)25(21,22)20-19-18/h2H,1H2. The molecule has 0 bridgehead atoms. The Bertz CT molecular complexity index is 670. The van der Waals surface area contributed by atoms with Gasteiger partial charge in [-0.15, -0.1) is 0 Å². The number of hydrogen-bond acceptors (Lipinski definition) is 4. The minimum atomic E-state index is -7.14. The highest BCUT2D eigenvalue weighted by atomic mass is 32.2. The van der Waals surface area contributed by atoms with Crippen LogP contribution in [0.5, 0.6) is 0 Å². The van der Waals surface area contributed by atoms with Crippen molar-refractivity contribution in [1.29, 1.82) is 0 Å². The van der Waals surface area contributed by atoms with Crippen LogP contribution in [0, 0.1) is 0 Å². The molecule has 0 saturated heterocycles. The molecule has 0 amide bonds. The van der Waals surface area contributed by atoms with Crippen molar-refractivity contribution < 1.29 is 61.8 Å². The Kier molecular flexibility index (Phi) is 5.92. The molecule has 7 nitrogen and oxygen atoms in total. The Balaban J connectivity index is 6.35. The summed E-state index contributed by atoms with van der Waals surface area (Å²) >= 11 is 0. The molecule has 0 radical (unpaired) electrons. The first-order valence-electron chi connectivity index (χ1n) is 5.02. The quantitative estimate of drug-likeness (QED) is 0.198. The molecule has 0 aliphatic carbocycles. The normalized spacial score (nSPS) is 16.6. The fourth-order valence-corrected chi connectivity index (χ4v) is 1.49. The van der Waals surface area contributed by atoms with Crippen LogP contribution in [0.4, 0.5) is 43.9 Å². The Labute approximate surface area is 130 Å². The van der Waals surface area contributed by atoms with Gasteiger partial charge in [0.2, 0.25) is 0 Å². The molecule has 0 aromatic rings. The van der Waals surface area contributed by atoms with Crippen molar-refractivity contribution in [1.82, 2.24) is 0 Å². The number of azide groups is 1. The number of nitrogens with zero attached hydrogens (tertiary/aromatic N) is 3. The van der Waals surface area contributed by atoms with E-state index in [1.807, 2.05) is 4.74 Å². The van der Waals surface area contributed by atoms with Crippen molar-refractivity contribution in [3.05, 3.63) is 23.3 Å². The lowest BCUT2D eigenvalue weighted by atomic mass is 10.2. The van der Waals surface area contributed by atoms with Gasteiger partial charge in [-0.25, -0.2) is 8.42 Å². The molecular weight excluding hydrogens is 412 g/mol. The largest absolute Gasteiger partial charge is 0.468 e. The first kappa shape index (κ1) is 23.1. The maximum absolute atomic E-state index is 13.5. The smallest absolute Gasteiger partial charge is 0.437 e. The van der Waals surface area contributed by atoms with Gasteiger partial charge < -0.3 is 4.74 Å². The zero-order chi connectivity index (χ0) is 20.5. The van der Waals surface area contributed by atoms with E-state index in [0.717, 1.165) is 0 Å². The maximum Gasteiger partial charge on any atom is 0.468 e. The second kappa shape index (κ2) is 6.41. The lowest BCUT2D eigenvalue weighted by Crippen LogP contribution is -2.63. The van der Waals surface area contributed by atoms with Crippen LogP contribution in [0.3, 0.4) is 0 Å². The molecule has 0 heterocycles. The highest BCUT2D eigenvalue weighted by molar-refractivity contribution is 7.91. The minimum absolute atomic E-state index is 0.573. The molecule has 0 aromatic heterocycles. The summed E-state index contributed by atoms with van der Waals surface area (Å²) in [6.45, 7) is 2.27. The van der Waals surface area contributed by atoms with Gasteiger partial charge >= 0.3 is 39.5 Å². The summed E-state index contributed by atoms with van der Waals surface area (Å²) < 4.78 is 156. The Morgan fingerprint density at radius 2 is 1.40 bits per heavy atom. The van der Waals surface area contributed by atoms with E-state index in [1.54, 1.807) is 0 Å². The van der Waals surface area contributed by atoms with Crippen molar-refractivity contribution in [3.8, 4) is 0 Å². The van der Waals surface area contributed by atoms with Gasteiger partial charge in [0.1, 0.15) is 0 Å². The molecule has 0 aliphatic rings. The molecule has 0 rings (SSSR count). The number of sulfonamides is 1. The molecule has 25 heavy (non-hydrogen) atoms. The van der Waals surface area contributed by atoms with Gasteiger partial charge in [0, 0.05) is 9.43 Å². The van der Waals surface area contributed by atoms with Crippen molar-refractivity contribution in [3.63, 3.8) is 0 Å². The van der Waals surface area contributed by atoms with Crippen molar-refractivity contribution in [2.24, 2.45) is 4.52 Å². The van der Waals surface area contributed by atoms with E-state index in [2.05, 4.69) is 11.3 Å². The SMILES string of the molecule is C=COC(F)(F)C(F)(OC(F)(F)C(F)(F)S(=O)(=O)N=[N+]=[N-])C(F)(F)F. The molecule has 1 atom stereocenters. The van der Waals surface area contributed by atoms with Gasteiger partial charge in [-0.05, 0) is 5.53 Å². The van der Waals surface area contributed by atoms with Gasteiger partial charge in [-0.1, -0.05) is 6.58 Å². The summed E-state index contributed by atoms with van der Waals surface area (Å²) in [6, 6.07) is 0. The third-order valence-electron chi connectivity index (χ3n) is 2.05. The average Bonchev–Trinajstić information content (AvgIpc) is 2.35. The summed E-state index contributed by atoms with van der Waals surface area (Å²) in [5, 5.41) is -6.88. The van der Waals surface area contributed by atoms with Gasteiger partial charge in [0.05, 0.1) is 6.26 Å². The summed E-state index contributed by atoms with van der Waals surface area (Å²) in [4.78, 5) is 1.18. The zero-order valence-corrected chi connectivity index (χ0v) is 11.8. The minimum Gasteiger partial charge on any atom is -0.437 e. The van der Waals surface area contributed by atoms with Gasteiger partial charge in [0.25, 0.3) is 0 Å². The number of hydrogen-bond donors (Lipinski definition) is 0. The van der Waals surface area contributed by atoms with Crippen molar-refractivity contribution in [2.45, 2.75) is 29.5 Å². The second-order valence-electron chi connectivity index (χ2n) is 3.68. The number of halogens is 10. The first-order chi connectivity index (χ1) is 10.8. The predicted octanol–water partition coefficient (Wildman–Crippen LogP) is 3.81. The molecule has 18 heteroatoms. The lowest BCUT2D eigenvalue weighted by Gasteiger charge is -2.36. The molecule has 0 saturated carbocycles. The van der Waals surface area contributed by atoms with Crippen molar-refractivity contribution in [2.75, 3.05) is 0 Å². The summed E-state index contributed by atoms with van der Waals surface area (Å²) in [5.74, 6) is -6.97. The highest BCUT2D eigenvalue weighted by Crippen LogP contribution is 2.53. The van der Waals surface area contributed by atoms with Crippen LogP contribution in [0.25, 0.3) is 10.4 Å². The maximum atomic E-state index is 13.5.